The molecule has 18 heavy (non-hydrogen) atoms. The van der Waals surface area contributed by atoms with Crippen LogP contribution in [-0.2, 0) is 19.4 Å². The van der Waals surface area contributed by atoms with Crippen molar-refractivity contribution in [1.82, 2.24) is 0 Å². The molecule has 0 aromatic heterocycles. The van der Waals surface area contributed by atoms with Gasteiger partial charge in [-0.3, -0.25) is 4.79 Å². The highest BCUT2D eigenvalue weighted by Crippen LogP contribution is 2.33. The Morgan fingerprint density at radius 3 is 2.56 bits per heavy atom. The van der Waals surface area contributed by atoms with Gasteiger partial charge in [0.25, 0.3) is 0 Å². The zero-order valence-electron chi connectivity index (χ0n) is 9.53. The highest BCUT2D eigenvalue weighted by molar-refractivity contribution is 7.92. The normalized spacial score (nSPS) is 21.2. The summed E-state index contributed by atoms with van der Waals surface area (Å²) in [6.07, 6.45) is 0. The number of carbonyl (C=O) groups is 2. The molecule has 0 saturated heterocycles. The summed E-state index contributed by atoms with van der Waals surface area (Å²) in [4.78, 5) is 23.3. The Balaban J connectivity index is 2.62. The molecule has 1 atom stereocenters. The largest absolute Gasteiger partial charge is 0.474 e. The van der Waals surface area contributed by atoms with Gasteiger partial charge < -0.3 is 10.0 Å². The van der Waals surface area contributed by atoms with Crippen molar-refractivity contribution in [3.63, 3.8) is 0 Å². The quantitative estimate of drug-likeness (QED) is 0.683. The Morgan fingerprint density at radius 1 is 1.33 bits per heavy atom. The van der Waals surface area contributed by atoms with Crippen molar-refractivity contribution in [1.29, 1.82) is 0 Å². The highest BCUT2D eigenvalue weighted by Gasteiger charge is 2.38. The van der Waals surface area contributed by atoms with Crippen LogP contribution in [0.4, 0.5) is 5.69 Å². The molecule has 0 bridgehead atoms. The fraction of sp³-hybridized carbons (Fsp3) is 0.273. The zero-order valence-corrected chi connectivity index (χ0v) is 10.3. The number of sulfone groups is 1. The standard InChI is InChI=1S/C11H11NO5S/c1-7-6-12(10(13)11(14)15)8-4-2-3-5-9(8)18(7,16)17/h2-5,7H,6H2,1H3,(H,14,15). The number of amides is 1. The van der Waals surface area contributed by atoms with E-state index >= 15 is 0 Å². The lowest BCUT2D eigenvalue weighted by atomic mass is 10.2. The molecule has 6 nitrogen and oxygen atoms in total. The fourth-order valence-electron chi connectivity index (χ4n) is 1.90. The molecule has 0 radical (unpaired) electrons. The number of carbonyl (C=O) groups excluding carboxylic acids is 1. The van der Waals surface area contributed by atoms with Crippen LogP contribution in [-0.4, -0.2) is 37.2 Å². The lowest BCUT2D eigenvalue weighted by molar-refractivity contribution is -0.148. The van der Waals surface area contributed by atoms with E-state index in [0.717, 1.165) is 4.90 Å². The van der Waals surface area contributed by atoms with Crippen LogP contribution in [0.5, 0.6) is 0 Å². The van der Waals surface area contributed by atoms with Gasteiger partial charge in [-0.1, -0.05) is 12.1 Å². The number of fused-ring (bicyclic) bond motifs is 1. The number of rotatable bonds is 0. The van der Waals surface area contributed by atoms with Crippen LogP contribution >= 0.6 is 0 Å². The van der Waals surface area contributed by atoms with E-state index in [1.165, 1.54) is 25.1 Å². The van der Waals surface area contributed by atoms with Gasteiger partial charge in [0.2, 0.25) is 0 Å². The van der Waals surface area contributed by atoms with Crippen molar-refractivity contribution >= 4 is 27.4 Å². The summed E-state index contributed by atoms with van der Waals surface area (Å²) in [5.74, 6) is -2.72. The predicted molar refractivity (Wildman–Crippen MR) is 63.1 cm³/mol. The number of aliphatic carboxylic acids is 1. The molecule has 1 aromatic rings. The fourth-order valence-corrected chi connectivity index (χ4v) is 3.42. The number of hydrogen-bond donors (Lipinski definition) is 1. The summed E-state index contributed by atoms with van der Waals surface area (Å²) in [5, 5.41) is 7.91. The smallest absolute Gasteiger partial charge is 0.394 e. The second kappa shape index (κ2) is 4.09. The molecule has 1 aliphatic heterocycles. The molecule has 0 saturated carbocycles. The molecular weight excluding hydrogens is 258 g/mol. The van der Waals surface area contributed by atoms with Crippen LogP contribution in [0.2, 0.25) is 0 Å². The average Bonchev–Trinajstić information content (AvgIpc) is 2.33. The molecular formula is C11H11NO5S. The number of anilines is 1. The Kier molecular flexibility index (Phi) is 2.86. The van der Waals surface area contributed by atoms with Gasteiger partial charge in [0.1, 0.15) is 0 Å². The third kappa shape index (κ3) is 1.76. The van der Waals surface area contributed by atoms with Crippen molar-refractivity contribution in [2.45, 2.75) is 17.1 Å². The summed E-state index contributed by atoms with van der Waals surface area (Å²) in [5.41, 5.74) is 0.128. The molecule has 7 heteroatoms. The number of carboxylic acids is 1. The van der Waals surface area contributed by atoms with Gasteiger partial charge in [-0.15, -0.1) is 0 Å². The zero-order chi connectivity index (χ0) is 13.5. The van der Waals surface area contributed by atoms with Gasteiger partial charge in [0.05, 0.1) is 15.8 Å². The summed E-state index contributed by atoms with van der Waals surface area (Å²) < 4.78 is 24.1. The van der Waals surface area contributed by atoms with Crippen LogP contribution < -0.4 is 4.90 Å². The van der Waals surface area contributed by atoms with Crippen molar-refractivity contribution in [2.24, 2.45) is 0 Å². The molecule has 1 unspecified atom stereocenters. The van der Waals surface area contributed by atoms with Crippen LogP contribution in [0, 0.1) is 0 Å². The van der Waals surface area contributed by atoms with Gasteiger partial charge in [0.15, 0.2) is 9.84 Å². The molecule has 0 fully saturated rings. The third-order valence-electron chi connectivity index (χ3n) is 2.86. The molecule has 1 N–H and O–H groups in total. The van der Waals surface area contributed by atoms with Gasteiger partial charge >= 0.3 is 11.9 Å². The van der Waals surface area contributed by atoms with E-state index in [1.54, 1.807) is 6.07 Å². The first-order valence-corrected chi connectivity index (χ1v) is 6.78. The molecule has 1 amide bonds. The van der Waals surface area contributed by atoms with E-state index in [0.29, 0.717) is 0 Å². The van der Waals surface area contributed by atoms with Gasteiger partial charge in [0, 0.05) is 6.54 Å². The number of hydrogen-bond acceptors (Lipinski definition) is 4. The second-order valence-corrected chi connectivity index (χ2v) is 6.38. The van der Waals surface area contributed by atoms with Crippen molar-refractivity contribution in [2.75, 3.05) is 11.4 Å². The number of nitrogens with zero attached hydrogens (tertiary/aromatic N) is 1. The summed E-state index contributed by atoms with van der Waals surface area (Å²) in [7, 11) is -3.50. The number of carboxylic acid groups (broad SMARTS) is 1. The first-order chi connectivity index (χ1) is 8.35. The van der Waals surface area contributed by atoms with Crippen molar-refractivity contribution < 1.29 is 23.1 Å². The summed E-state index contributed by atoms with van der Waals surface area (Å²) in [6, 6.07) is 5.91. The van der Waals surface area contributed by atoms with E-state index in [1.807, 2.05) is 0 Å². The van der Waals surface area contributed by atoms with E-state index in [2.05, 4.69) is 0 Å². The minimum atomic E-state index is -3.50. The Bertz CT molecular complexity index is 622. The molecule has 96 valence electrons. The third-order valence-corrected chi connectivity index (χ3v) is 5.03. The number of benzene rings is 1. The van der Waals surface area contributed by atoms with Crippen molar-refractivity contribution in [3.8, 4) is 0 Å². The monoisotopic (exact) mass is 269 g/mol. The lowest BCUT2D eigenvalue weighted by Crippen LogP contribution is -2.46. The van der Waals surface area contributed by atoms with Crippen LogP contribution in [0.25, 0.3) is 0 Å². The van der Waals surface area contributed by atoms with E-state index in [-0.39, 0.29) is 17.1 Å². The number of para-hydroxylation sites is 1. The Hall–Kier alpha value is -1.89. The highest BCUT2D eigenvalue weighted by atomic mass is 32.2. The summed E-state index contributed by atoms with van der Waals surface area (Å²) in [6.45, 7) is 1.30. The topological polar surface area (TPSA) is 91.8 Å². The minimum Gasteiger partial charge on any atom is -0.474 e. The SMILES string of the molecule is CC1CN(C(=O)C(=O)O)c2ccccc2S1(=O)=O. The molecule has 2 rings (SSSR count). The maximum atomic E-state index is 12.1. The van der Waals surface area contributed by atoms with Crippen LogP contribution in [0.15, 0.2) is 29.2 Å². The molecule has 0 spiro atoms. The molecule has 1 aliphatic rings. The van der Waals surface area contributed by atoms with Gasteiger partial charge in [-0.2, -0.15) is 0 Å². The average molecular weight is 269 g/mol. The lowest BCUT2D eigenvalue weighted by Gasteiger charge is -2.31. The maximum Gasteiger partial charge on any atom is 0.394 e. The Morgan fingerprint density at radius 2 is 1.94 bits per heavy atom. The Labute approximate surface area is 104 Å². The van der Waals surface area contributed by atoms with Gasteiger partial charge in [-0.05, 0) is 19.1 Å². The van der Waals surface area contributed by atoms with E-state index in [4.69, 9.17) is 5.11 Å². The second-order valence-electron chi connectivity index (χ2n) is 4.04. The summed E-state index contributed by atoms with van der Waals surface area (Å²) >= 11 is 0. The van der Waals surface area contributed by atoms with Gasteiger partial charge in [-0.25, -0.2) is 13.2 Å². The molecule has 1 aromatic carbocycles. The van der Waals surface area contributed by atoms with Crippen molar-refractivity contribution in [3.05, 3.63) is 24.3 Å². The maximum absolute atomic E-state index is 12.1. The minimum absolute atomic E-state index is 0.00153. The first-order valence-electron chi connectivity index (χ1n) is 5.23. The first kappa shape index (κ1) is 12.6. The van der Waals surface area contributed by atoms with Crippen LogP contribution in [0.3, 0.4) is 0 Å². The van der Waals surface area contributed by atoms with E-state index in [9.17, 15) is 18.0 Å². The van der Waals surface area contributed by atoms with E-state index < -0.39 is 27.0 Å². The molecule has 0 aliphatic carbocycles. The van der Waals surface area contributed by atoms with Crippen LogP contribution in [0.1, 0.15) is 6.92 Å². The molecule has 1 heterocycles. The predicted octanol–water partition coefficient (Wildman–Crippen LogP) is 0.280.